The van der Waals surface area contributed by atoms with Crippen LogP contribution in [0.15, 0.2) is 36.5 Å². The van der Waals surface area contributed by atoms with Gasteiger partial charge in [0.1, 0.15) is 6.04 Å². The van der Waals surface area contributed by atoms with Crippen LogP contribution >= 0.6 is 0 Å². The van der Waals surface area contributed by atoms with Crippen molar-refractivity contribution >= 4 is 11.9 Å². The van der Waals surface area contributed by atoms with Crippen molar-refractivity contribution in [3.05, 3.63) is 42.2 Å². The van der Waals surface area contributed by atoms with E-state index in [1.54, 1.807) is 24.7 Å². The maximum absolute atomic E-state index is 12.6. The lowest BCUT2D eigenvalue weighted by molar-refractivity contribution is -0.140. The third kappa shape index (κ3) is 4.84. The fourth-order valence-electron chi connectivity index (χ4n) is 2.31. The average Bonchev–Trinajstić information content (AvgIpc) is 3.02. The van der Waals surface area contributed by atoms with Gasteiger partial charge in [-0.05, 0) is 24.0 Å². The SMILES string of the molecule is CC(C)COc1cn(-c2ccccc2)nc1C(=O)NC(C(=O)O)C(C)C. The molecule has 1 aromatic heterocycles. The van der Waals surface area contributed by atoms with Gasteiger partial charge in [0, 0.05) is 0 Å². The minimum atomic E-state index is -1.08. The maximum atomic E-state index is 12.6. The standard InChI is InChI=1S/C19H25N3O4/c1-12(2)11-26-15-10-22(14-8-6-5-7-9-14)21-17(15)18(23)20-16(13(3)4)19(24)25/h5-10,12-13,16H,11H2,1-4H3,(H,20,23)(H,24,25). The van der Waals surface area contributed by atoms with Crippen molar-refractivity contribution in [2.45, 2.75) is 33.7 Å². The van der Waals surface area contributed by atoms with Crippen molar-refractivity contribution < 1.29 is 19.4 Å². The molecule has 0 bridgehead atoms. The Labute approximate surface area is 153 Å². The van der Waals surface area contributed by atoms with Crippen LogP contribution in [0.2, 0.25) is 0 Å². The van der Waals surface area contributed by atoms with Gasteiger partial charge >= 0.3 is 5.97 Å². The molecule has 7 nitrogen and oxygen atoms in total. The number of carboxylic acid groups (broad SMARTS) is 1. The van der Waals surface area contributed by atoms with Gasteiger partial charge in [0.05, 0.1) is 18.5 Å². The van der Waals surface area contributed by atoms with Gasteiger partial charge < -0.3 is 15.2 Å². The number of carboxylic acids is 1. The molecule has 7 heteroatoms. The average molecular weight is 359 g/mol. The summed E-state index contributed by atoms with van der Waals surface area (Å²) in [4.78, 5) is 24.0. The Balaban J connectivity index is 2.33. The van der Waals surface area contributed by atoms with E-state index < -0.39 is 17.9 Å². The van der Waals surface area contributed by atoms with Crippen LogP contribution in [0, 0.1) is 11.8 Å². The van der Waals surface area contributed by atoms with E-state index in [1.807, 2.05) is 44.2 Å². The number of hydrogen-bond acceptors (Lipinski definition) is 4. The zero-order valence-electron chi connectivity index (χ0n) is 15.5. The van der Waals surface area contributed by atoms with Crippen LogP contribution in [0.3, 0.4) is 0 Å². The molecule has 0 aliphatic carbocycles. The minimum Gasteiger partial charge on any atom is -0.489 e. The molecule has 1 amide bonds. The number of carbonyl (C=O) groups excluding carboxylic acids is 1. The zero-order chi connectivity index (χ0) is 19.3. The molecule has 0 saturated carbocycles. The first-order chi connectivity index (χ1) is 12.3. The number of para-hydroxylation sites is 1. The summed E-state index contributed by atoms with van der Waals surface area (Å²) >= 11 is 0. The number of carbonyl (C=O) groups is 2. The molecule has 2 N–H and O–H groups in total. The van der Waals surface area contributed by atoms with E-state index in [0.29, 0.717) is 12.4 Å². The summed E-state index contributed by atoms with van der Waals surface area (Å²) in [5, 5.41) is 16.1. The van der Waals surface area contributed by atoms with Crippen molar-refractivity contribution in [1.82, 2.24) is 15.1 Å². The highest BCUT2D eigenvalue weighted by Gasteiger charge is 2.27. The van der Waals surface area contributed by atoms with E-state index in [0.717, 1.165) is 5.69 Å². The van der Waals surface area contributed by atoms with E-state index in [2.05, 4.69) is 10.4 Å². The second kappa shape index (κ2) is 8.51. The molecule has 0 aliphatic rings. The molecule has 1 atom stereocenters. The van der Waals surface area contributed by atoms with Crippen LogP contribution in [0.5, 0.6) is 5.75 Å². The summed E-state index contributed by atoms with van der Waals surface area (Å²) in [5.74, 6) is -1.31. The number of benzene rings is 1. The fraction of sp³-hybridized carbons (Fsp3) is 0.421. The van der Waals surface area contributed by atoms with Gasteiger partial charge in [-0.3, -0.25) is 4.79 Å². The molecular weight excluding hydrogens is 334 g/mol. The van der Waals surface area contributed by atoms with Crippen LogP contribution in [0.4, 0.5) is 0 Å². The van der Waals surface area contributed by atoms with Gasteiger partial charge in [0.25, 0.3) is 5.91 Å². The molecule has 0 fully saturated rings. The maximum Gasteiger partial charge on any atom is 0.326 e. The van der Waals surface area contributed by atoms with E-state index in [4.69, 9.17) is 4.74 Å². The largest absolute Gasteiger partial charge is 0.489 e. The number of rotatable bonds is 8. The van der Waals surface area contributed by atoms with E-state index >= 15 is 0 Å². The predicted octanol–water partition coefficient (Wildman–Crippen LogP) is 2.75. The van der Waals surface area contributed by atoms with Crippen molar-refractivity contribution in [3.8, 4) is 11.4 Å². The molecule has 1 heterocycles. The first-order valence-electron chi connectivity index (χ1n) is 8.61. The summed E-state index contributed by atoms with van der Waals surface area (Å²) in [6.07, 6.45) is 1.64. The lowest BCUT2D eigenvalue weighted by Gasteiger charge is -2.17. The second-order valence-corrected chi connectivity index (χ2v) is 6.86. The minimum absolute atomic E-state index is 0.0707. The number of ether oxygens (including phenoxy) is 1. The van der Waals surface area contributed by atoms with Crippen LogP contribution in [0.1, 0.15) is 38.2 Å². The zero-order valence-corrected chi connectivity index (χ0v) is 15.5. The second-order valence-electron chi connectivity index (χ2n) is 6.86. The third-order valence-electron chi connectivity index (χ3n) is 3.71. The number of hydrogen-bond donors (Lipinski definition) is 2. The summed E-state index contributed by atoms with van der Waals surface area (Å²) in [6.45, 7) is 7.89. The molecule has 1 aromatic carbocycles. The van der Waals surface area contributed by atoms with Crippen molar-refractivity contribution in [3.63, 3.8) is 0 Å². The highest BCUT2D eigenvalue weighted by atomic mass is 16.5. The lowest BCUT2D eigenvalue weighted by Crippen LogP contribution is -2.44. The van der Waals surface area contributed by atoms with Crippen molar-refractivity contribution in [2.75, 3.05) is 6.61 Å². The van der Waals surface area contributed by atoms with Gasteiger partial charge in [0.15, 0.2) is 11.4 Å². The van der Waals surface area contributed by atoms with Crippen LogP contribution < -0.4 is 10.1 Å². The highest BCUT2D eigenvalue weighted by molar-refractivity contribution is 5.97. The Hall–Kier alpha value is -2.83. The van der Waals surface area contributed by atoms with Crippen LogP contribution in [0.25, 0.3) is 5.69 Å². The quantitative estimate of drug-likeness (QED) is 0.756. The Morgan fingerprint density at radius 2 is 1.85 bits per heavy atom. The number of aliphatic carboxylic acids is 1. The number of nitrogens with one attached hydrogen (secondary N) is 1. The molecular formula is C19H25N3O4. The molecule has 26 heavy (non-hydrogen) atoms. The van der Waals surface area contributed by atoms with Gasteiger partial charge in [-0.2, -0.15) is 5.10 Å². The Kier molecular flexibility index (Phi) is 6.38. The molecule has 0 radical (unpaired) electrons. The number of amides is 1. The Bertz CT molecular complexity index is 753. The summed E-state index contributed by atoms with van der Waals surface area (Å²) in [7, 11) is 0. The molecule has 2 aromatic rings. The van der Waals surface area contributed by atoms with Crippen LogP contribution in [-0.4, -0.2) is 39.4 Å². The van der Waals surface area contributed by atoms with E-state index in [1.165, 1.54) is 0 Å². The van der Waals surface area contributed by atoms with Crippen molar-refractivity contribution in [2.24, 2.45) is 11.8 Å². The van der Waals surface area contributed by atoms with Gasteiger partial charge in [-0.1, -0.05) is 45.9 Å². The smallest absolute Gasteiger partial charge is 0.326 e. The molecule has 1 unspecified atom stereocenters. The van der Waals surface area contributed by atoms with Crippen LogP contribution in [-0.2, 0) is 4.79 Å². The molecule has 0 spiro atoms. The Morgan fingerprint density at radius 1 is 1.19 bits per heavy atom. The first kappa shape index (κ1) is 19.5. The van der Waals surface area contributed by atoms with E-state index in [-0.39, 0.29) is 17.5 Å². The fourth-order valence-corrected chi connectivity index (χ4v) is 2.31. The first-order valence-corrected chi connectivity index (χ1v) is 8.61. The molecule has 2 rings (SSSR count). The summed E-state index contributed by atoms with van der Waals surface area (Å²) in [5.41, 5.74) is 0.848. The number of nitrogens with zero attached hydrogens (tertiary/aromatic N) is 2. The normalized spacial score (nSPS) is 12.2. The number of aromatic nitrogens is 2. The predicted molar refractivity (Wildman–Crippen MR) is 97.6 cm³/mol. The van der Waals surface area contributed by atoms with Gasteiger partial charge in [-0.25, -0.2) is 9.48 Å². The van der Waals surface area contributed by atoms with Gasteiger partial charge in [-0.15, -0.1) is 0 Å². The molecule has 0 aliphatic heterocycles. The topological polar surface area (TPSA) is 93.5 Å². The highest BCUT2D eigenvalue weighted by Crippen LogP contribution is 2.21. The monoisotopic (exact) mass is 359 g/mol. The van der Waals surface area contributed by atoms with Gasteiger partial charge in [0.2, 0.25) is 0 Å². The lowest BCUT2D eigenvalue weighted by atomic mass is 10.0. The van der Waals surface area contributed by atoms with E-state index in [9.17, 15) is 14.7 Å². The molecule has 0 saturated heterocycles. The summed E-state index contributed by atoms with van der Waals surface area (Å²) in [6, 6.07) is 8.33. The summed E-state index contributed by atoms with van der Waals surface area (Å²) < 4.78 is 7.28. The Morgan fingerprint density at radius 3 is 2.38 bits per heavy atom. The molecule has 140 valence electrons. The third-order valence-corrected chi connectivity index (χ3v) is 3.71. The van der Waals surface area contributed by atoms with Crippen molar-refractivity contribution in [1.29, 1.82) is 0 Å².